The topological polar surface area (TPSA) is 122 Å². The van der Waals surface area contributed by atoms with E-state index in [1.165, 1.54) is 0 Å². The normalized spacial score (nSPS) is 15.3. The van der Waals surface area contributed by atoms with Gasteiger partial charge in [0.2, 0.25) is 0 Å². The minimum atomic E-state index is -3.63. The van der Waals surface area contributed by atoms with Crippen LogP contribution in [-0.2, 0) is 9.84 Å². The molecule has 0 spiro atoms. The van der Waals surface area contributed by atoms with Gasteiger partial charge in [0, 0.05) is 25.1 Å². The highest BCUT2D eigenvalue weighted by Crippen LogP contribution is 2.46. The van der Waals surface area contributed by atoms with Crippen molar-refractivity contribution < 1.29 is 23.4 Å². The fourth-order valence-electron chi connectivity index (χ4n) is 4.13. The molecule has 1 aliphatic rings. The summed E-state index contributed by atoms with van der Waals surface area (Å²) in [5.74, 6) is -0.122. The summed E-state index contributed by atoms with van der Waals surface area (Å²) in [4.78, 5) is 12.8. The van der Waals surface area contributed by atoms with Gasteiger partial charge in [-0.2, -0.15) is 5.10 Å². The molecule has 0 radical (unpaired) electrons. The van der Waals surface area contributed by atoms with E-state index in [9.17, 15) is 23.4 Å². The first-order valence-corrected chi connectivity index (χ1v) is 12.5. The average Bonchev–Trinajstić information content (AvgIpc) is 3.51. The van der Waals surface area contributed by atoms with E-state index in [2.05, 4.69) is 10.4 Å². The number of fused-ring (bicyclic) bond motifs is 1. The number of amides is 1. The van der Waals surface area contributed by atoms with Gasteiger partial charge in [-0.25, -0.2) is 13.1 Å². The SMILES string of the molecule is CNC(=O)c1c2cc(C3CC3)c(C(CC(O)O)S(C)(=O)=O)cc2nn1-c1ccc(C)cc1. The van der Waals surface area contributed by atoms with Gasteiger partial charge in [-0.05, 0) is 61.1 Å². The molecule has 0 bridgehead atoms. The van der Waals surface area contributed by atoms with Crippen LogP contribution in [0.1, 0.15) is 57.6 Å². The van der Waals surface area contributed by atoms with E-state index in [4.69, 9.17) is 0 Å². The van der Waals surface area contributed by atoms with Crippen molar-refractivity contribution in [1.82, 2.24) is 15.1 Å². The molecule has 1 amide bonds. The van der Waals surface area contributed by atoms with Crippen LogP contribution in [0.15, 0.2) is 36.4 Å². The monoisotopic (exact) mass is 457 g/mol. The van der Waals surface area contributed by atoms with Crippen LogP contribution in [0, 0.1) is 6.92 Å². The molecule has 1 aliphatic carbocycles. The average molecular weight is 458 g/mol. The third-order valence-electron chi connectivity index (χ3n) is 5.90. The van der Waals surface area contributed by atoms with E-state index < -0.39 is 21.4 Å². The van der Waals surface area contributed by atoms with Crippen LogP contribution in [-0.4, -0.2) is 53.9 Å². The number of benzene rings is 2. The highest BCUT2D eigenvalue weighted by molar-refractivity contribution is 7.90. The van der Waals surface area contributed by atoms with Gasteiger partial charge >= 0.3 is 0 Å². The lowest BCUT2D eigenvalue weighted by Crippen LogP contribution is -2.22. The van der Waals surface area contributed by atoms with Crippen LogP contribution in [0.4, 0.5) is 0 Å². The van der Waals surface area contributed by atoms with E-state index in [1.54, 1.807) is 17.8 Å². The van der Waals surface area contributed by atoms with E-state index in [-0.39, 0.29) is 18.2 Å². The van der Waals surface area contributed by atoms with Crippen molar-refractivity contribution >= 4 is 26.6 Å². The van der Waals surface area contributed by atoms with Gasteiger partial charge < -0.3 is 15.5 Å². The first kappa shape index (κ1) is 22.4. The van der Waals surface area contributed by atoms with Gasteiger partial charge in [0.05, 0.1) is 16.5 Å². The van der Waals surface area contributed by atoms with Crippen LogP contribution in [0.5, 0.6) is 0 Å². The van der Waals surface area contributed by atoms with Gasteiger partial charge in [0.1, 0.15) is 5.69 Å². The summed E-state index contributed by atoms with van der Waals surface area (Å²) >= 11 is 0. The Labute approximate surface area is 186 Å². The Hall–Kier alpha value is -2.75. The number of hydrogen-bond acceptors (Lipinski definition) is 6. The minimum absolute atomic E-state index is 0.176. The summed E-state index contributed by atoms with van der Waals surface area (Å²) in [7, 11) is -2.07. The summed E-state index contributed by atoms with van der Waals surface area (Å²) in [6.45, 7) is 1.97. The summed E-state index contributed by atoms with van der Waals surface area (Å²) in [6.07, 6.45) is 0.840. The maximum absolute atomic E-state index is 12.8. The molecule has 170 valence electrons. The minimum Gasteiger partial charge on any atom is -0.368 e. The van der Waals surface area contributed by atoms with Crippen molar-refractivity contribution in [2.45, 2.75) is 43.6 Å². The second-order valence-electron chi connectivity index (χ2n) is 8.48. The van der Waals surface area contributed by atoms with Gasteiger partial charge in [-0.1, -0.05) is 17.7 Å². The van der Waals surface area contributed by atoms with Gasteiger partial charge in [-0.3, -0.25) is 4.79 Å². The molecule has 3 N–H and O–H groups in total. The van der Waals surface area contributed by atoms with Crippen molar-refractivity contribution in [1.29, 1.82) is 0 Å². The molecule has 1 unspecified atom stereocenters. The molecule has 1 aromatic heterocycles. The van der Waals surface area contributed by atoms with E-state index >= 15 is 0 Å². The number of rotatable bonds is 7. The standard InChI is InChI=1S/C23H27N3O5S/c1-13-4-8-15(9-5-13)26-22(23(29)24-2)18-10-16(14-6-7-14)17(11-19(18)25-26)20(12-21(27)28)32(3,30)31/h4-5,8-11,14,20-21,27-28H,6-7,12H2,1-3H3,(H,24,29). The first-order valence-electron chi connectivity index (χ1n) is 10.5. The molecule has 1 fully saturated rings. The third-order valence-corrected chi connectivity index (χ3v) is 7.38. The molecule has 2 aromatic carbocycles. The molecule has 0 aliphatic heterocycles. The lowest BCUT2D eigenvalue weighted by atomic mass is 9.96. The van der Waals surface area contributed by atoms with Crippen LogP contribution < -0.4 is 5.32 Å². The Morgan fingerprint density at radius 1 is 1.22 bits per heavy atom. The molecule has 1 atom stereocenters. The van der Waals surface area contributed by atoms with Crippen molar-refractivity contribution in [2.24, 2.45) is 0 Å². The number of aliphatic hydroxyl groups excluding tert-OH is 1. The smallest absolute Gasteiger partial charge is 0.270 e. The Kier molecular flexibility index (Phi) is 5.83. The highest BCUT2D eigenvalue weighted by Gasteiger charge is 2.35. The number of hydrogen-bond donors (Lipinski definition) is 3. The fraction of sp³-hybridized carbons (Fsp3) is 0.391. The third kappa shape index (κ3) is 4.28. The second kappa shape index (κ2) is 8.31. The van der Waals surface area contributed by atoms with Crippen LogP contribution >= 0.6 is 0 Å². The lowest BCUT2D eigenvalue weighted by molar-refractivity contribution is -0.0457. The number of aliphatic hydroxyl groups is 2. The molecule has 1 heterocycles. The van der Waals surface area contributed by atoms with Crippen molar-refractivity contribution in [3.63, 3.8) is 0 Å². The number of aryl methyl sites for hydroxylation is 1. The molecular formula is C23H27N3O5S. The molecular weight excluding hydrogens is 430 g/mol. The molecule has 8 nitrogen and oxygen atoms in total. The summed E-state index contributed by atoms with van der Waals surface area (Å²) in [5, 5.41) is 26.0. The molecule has 3 aromatic rings. The zero-order chi connectivity index (χ0) is 23.2. The molecule has 0 saturated heterocycles. The molecule has 32 heavy (non-hydrogen) atoms. The zero-order valence-corrected chi connectivity index (χ0v) is 19.1. The second-order valence-corrected chi connectivity index (χ2v) is 10.7. The number of aromatic nitrogens is 2. The van der Waals surface area contributed by atoms with E-state index in [1.807, 2.05) is 37.3 Å². The Morgan fingerprint density at radius 3 is 2.41 bits per heavy atom. The zero-order valence-electron chi connectivity index (χ0n) is 18.2. The molecule has 9 heteroatoms. The summed E-state index contributed by atoms with van der Waals surface area (Å²) in [5.41, 5.74) is 3.98. The largest absolute Gasteiger partial charge is 0.368 e. The maximum atomic E-state index is 12.8. The van der Waals surface area contributed by atoms with Crippen LogP contribution in [0.25, 0.3) is 16.6 Å². The predicted octanol–water partition coefficient (Wildman–Crippen LogP) is 2.36. The van der Waals surface area contributed by atoms with Gasteiger partial charge in [0.15, 0.2) is 16.1 Å². The fourth-order valence-corrected chi connectivity index (χ4v) is 5.31. The number of sulfone groups is 1. The first-order chi connectivity index (χ1) is 15.1. The van der Waals surface area contributed by atoms with Gasteiger partial charge in [-0.15, -0.1) is 0 Å². The van der Waals surface area contributed by atoms with Crippen LogP contribution in [0.3, 0.4) is 0 Å². The number of carbonyl (C=O) groups excluding carboxylic acids is 1. The van der Waals surface area contributed by atoms with Crippen LogP contribution in [0.2, 0.25) is 0 Å². The van der Waals surface area contributed by atoms with E-state index in [0.29, 0.717) is 27.8 Å². The summed E-state index contributed by atoms with van der Waals surface area (Å²) in [6, 6.07) is 11.1. The maximum Gasteiger partial charge on any atom is 0.270 e. The predicted molar refractivity (Wildman–Crippen MR) is 122 cm³/mol. The molecule has 1 saturated carbocycles. The molecule has 4 rings (SSSR count). The number of nitrogens with one attached hydrogen (secondary N) is 1. The quantitative estimate of drug-likeness (QED) is 0.468. The van der Waals surface area contributed by atoms with Crippen molar-refractivity contribution in [3.05, 3.63) is 58.8 Å². The highest BCUT2D eigenvalue weighted by atomic mass is 32.2. The number of carbonyl (C=O) groups is 1. The Morgan fingerprint density at radius 2 is 1.88 bits per heavy atom. The van der Waals surface area contributed by atoms with Gasteiger partial charge in [0.25, 0.3) is 5.91 Å². The Balaban J connectivity index is 1.99. The van der Waals surface area contributed by atoms with Crippen molar-refractivity contribution in [3.8, 4) is 5.69 Å². The lowest BCUT2D eigenvalue weighted by Gasteiger charge is -2.20. The van der Waals surface area contributed by atoms with E-state index in [0.717, 1.165) is 30.2 Å². The summed E-state index contributed by atoms with van der Waals surface area (Å²) < 4.78 is 26.7. The number of nitrogens with zero attached hydrogens (tertiary/aromatic N) is 2. The van der Waals surface area contributed by atoms with Crippen molar-refractivity contribution in [2.75, 3.05) is 13.3 Å². The Bertz CT molecular complexity index is 1280.